The van der Waals surface area contributed by atoms with Crippen molar-refractivity contribution in [1.82, 2.24) is 18.9 Å². The van der Waals surface area contributed by atoms with Gasteiger partial charge < -0.3 is 15.1 Å². The Morgan fingerprint density at radius 3 is 2.40 bits per heavy atom. The molecule has 0 aliphatic carbocycles. The largest absolute Gasteiger partial charge is 0.341 e. The fourth-order valence-electron chi connectivity index (χ4n) is 5.83. The zero-order chi connectivity index (χ0) is 28.6. The molecule has 0 atom stereocenters. The van der Waals surface area contributed by atoms with Crippen LogP contribution in [0.5, 0.6) is 0 Å². The first kappa shape index (κ1) is 27.4. The van der Waals surface area contributed by atoms with Crippen LogP contribution in [0.25, 0.3) is 11.1 Å². The van der Waals surface area contributed by atoms with E-state index in [0.717, 1.165) is 34.4 Å². The number of carbonyl (C=O) groups excluding carboxylic acids is 2. The predicted octanol–water partition coefficient (Wildman–Crippen LogP) is 3.96. The van der Waals surface area contributed by atoms with E-state index < -0.39 is 5.69 Å². The summed E-state index contributed by atoms with van der Waals surface area (Å²) in [7, 11) is 0. The van der Waals surface area contributed by atoms with Crippen molar-refractivity contribution in [1.29, 1.82) is 0 Å². The highest BCUT2D eigenvalue weighted by Crippen LogP contribution is 2.25. The van der Waals surface area contributed by atoms with Crippen LogP contribution >= 0.6 is 0 Å². The van der Waals surface area contributed by atoms with Crippen molar-refractivity contribution in [3.05, 3.63) is 86.2 Å². The topological polar surface area (TPSA) is 96.7 Å². The maximum atomic E-state index is 13.4. The van der Waals surface area contributed by atoms with Crippen LogP contribution in [0.4, 0.5) is 10.5 Å². The van der Waals surface area contributed by atoms with Gasteiger partial charge in [0.25, 0.3) is 5.56 Å². The van der Waals surface area contributed by atoms with Crippen molar-refractivity contribution < 1.29 is 9.59 Å². The smallest absolute Gasteiger partial charge is 0.331 e. The van der Waals surface area contributed by atoms with Gasteiger partial charge in [0.2, 0.25) is 5.91 Å². The molecule has 0 spiro atoms. The van der Waals surface area contributed by atoms with Gasteiger partial charge in [0.05, 0.1) is 5.56 Å². The standard InChI is InChI=1S/C31H37N5O4/c1-20(2)36-29(38)26(25-10-7-8-21(3)22(25)4)18-34(31(36)40)19-28(37)33-15-13-24(14-16-33)35-17-12-23-9-5-6-11-27(23)32-30(35)39/h5-11,18,20,24H,12-17,19H2,1-4H3,(H,32,39). The molecule has 0 bridgehead atoms. The first-order chi connectivity index (χ1) is 19.2. The second-order valence-electron chi connectivity index (χ2n) is 11.1. The molecule has 210 valence electrons. The number of nitrogens with one attached hydrogen (secondary N) is 1. The summed E-state index contributed by atoms with van der Waals surface area (Å²) in [6.07, 6.45) is 3.66. The van der Waals surface area contributed by atoms with Gasteiger partial charge in [0.1, 0.15) is 6.54 Å². The van der Waals surface area contributed by atoms with Gasteiger partial charge in [-0.2, -0.15) is 0 Å². The van der Waals surface area contributed by atoms with Gasteiger partial charge in [0, 0.05) is 43.6 Å². The third kappa shape index (κ3) is 5.20. The second-order valence-corrected chi connectivity index (χ2v) is 11.1. The number of nitrogens with zero attached hydrogens (tertiary/aromatic N) is 4. The fraction of sp³-hybridized carbons (Fsp3) is 0.419. The highest BCUT2D eigenvalue weighted by molar-refractivity contribution is 5.91. The predicted molar refractivity (Wildman–Crippen MR) is 156 cm³/mol. The first-order valence-electron chi connectivity index (χ1n) is 14.0. The third-order valence-corrected chi connectivity index (χ3v) is 8.30. The zero-order valence-corrected chi connectivity index (χ0v) is 23.6. The Labute approximate surface area is 234 Å². The number of anilines is 1. The van der Waals surface area contributed by atoms with E-state index in [1.54, 1.807) is 18.7 Å². The van der Waals surface area contributed by atoms with E-state index in [9.17, 15) is 19.2 Å². The van der Waals surface area contributed by atoms with Crippen molar-refractivity contribution in [3.63, 3.8) is 0 Å². The summed E-state index contributed by atoms with van der Waals surface area (Å²) < 4.78 is 2.60. The molecule has 0 radical (unpaired) electrons. The Bertz CT molecular complexity index is 1560. The zero-order valence-electron chi connectivity index (χ0n) is 23.6. The van der Waals surface area contributed by atoms with Crippen molar-refractivity contribution in [3.8, 4) is 11.1 Å². The van der Waals surface area contributed by atoms with Crippen LogP contribution in [-0.2, 0) is 17.8 Å². The summed E-state index contributed by atoms with van der Waals surface area (Å²) in [5.74, 6) is -0.172. The average Bonchev–Trinajstić information content (AvgIpc) is 3.10. The van der Waals surface area contributed by atoms with Crippen LogP contribution in [0.1, 0.15) is 49.4 Å². The molecule has 2 aromatic carbocycles. The fourth-order valence-corrected chi connectivity index (χ4v) is 5.83. The van der Waals surface area contributed by atoms with E-state index in [-0.39, 0.29) is 36.1 Å². The lowest BCUT2D eigenvalue weighted by Gasteiger charge is -2.38. The molecule has 1 fully saturated rings. The molecule has 2 aliphatic rings. The van der Waals surface area contributed by atoms with E-state index in [1.165, 1.54) is 15.3 Å². The van der Waals surface area contributed by atoms with E-state index in [1.807, 2.05) is 61.2 Å². The van der Waals surface area contributed by atoms with E-state index in [0.29, 0.717) is 38.0 Å². The van der Waals surface area contributed by atoms with Gasteiger partial charge in [-0.3, -0.25) is 18.7 Å². The number of piperidine rings is 1. The molecule has 2 aliphatic heterocycles. The number of fused-ring (bicyclic) bond motifs is 1. The maximum absolute atomic E-state index is 13.4. The minimum absolute atomic E-state index is 0.0415. The average molecular weight is 544 g/mol. The number of amides is 3. The Hall–Kier alpha value is -4.14. The molecule has 1 N–H and O–H groups in total. The Balaban J connectivity index is 1.32. The summed E-state index contributed by atoms with van der Waals surface area (Å²) >= 11 is 0. The summed E-state index contributed by atoms with van der Waals surface area (Å²) in [5.41, 5.74) is 4.33. The summed E-state index contributed by atoms with van der Waals surface area (Å²) in [5, 5.41) is 3.03. The molecule has 3 aromatic rings. The molecule has 9 heteroatoms. The molecule has 0 unspecified atom stereocenters. The number of urea groups is 1. The molecular weight excluding hydrogens is 506 g/mol. The number of aromatic nitrogens is 2. The van der Waals surface area contributed by atoms with Gasteiger partial charge in [-0.15, -0.1) is 0 Å². The number of aryl methyl sites for hydroxylation is 1. The number of para-hydroxylation sites is 1. The Kier molecular flexibility index (Phi) is 7.65. The van der Waals surface area contributed by atoms with Crippen LogP contribution in [0.2, 0.25) is 0 Å². The van der Waals surface area contributed by atoms with Crippen molar-refractivity contribution in [2.75, 3.05) is 25.0 Å². The molecule has 1 aromatic heterocycles. The summed E-state index contributed by atoms with van der Waals surface area (Å²) in [4.78, 5) is 56.7. The van der Waals surface area contributed by atoms with Crippen LogP contribution < -0.4 is 16.6 Å². The van der Waals surface area contributed by atoms with Gasteiger partial charge in [-0.05, 0) is 75.3 Å². The number of likely N-dealkylation sites (tertiary alicyclic amines) is 1. The number of hydrogen-bond donors (Lipinski definition) is 1. The Morgan fingerprint density at radius 1 is 0.950 bits per heavy atom. The lowest BCUT2D eigenvalue weighted by molar-refractivity contribution is -0.133. The van der Waals surface area contributed by atoms with Crippen LogP contribution in [0, 0.1) is 13.8 Å². The van der Waals surface area contributed by atoms with Crippen LogP contribution in [0.15, 0.2) is 58.3 Å². The SMILES string of the molecule is Cc1cccc(-c2cn(CC(=O)N3CCC(N4CCc5ccccc5NC4=O)CC3)c(=O)n(C(C)C)c2=O)c1C. The maximum Gasteiger partial charge on any atom is 0.331 e. The molecular formula is C31H37N5O4. The molecule has 1 saturated heterocycles. The molecule has 9 nitrogen and oxygen atoms in total. The highest BCUT2D eigenvalue weighted by atomic mass is 16.2. The van der Waals surface area contributed by atoms with E-state index >= 15 is 0 Å². The second kappa shape index (κ2) is 11.2. The minimum Gasteiger partial charge on any atom is -0.341 e. The molecule has 0 saturated carbocycles. The van der Waals surface area contributed by atoms with Gasteiger partial charge >= 0.3 is 11.7 Å². The van der Waals surface area contributed by atoms with Crippen LogP contribution in [0.3, 0.4) is 0 Å². The third-order valence-electron chi connectivity index (χ3n) is 8.30. The van der Waals surface area contributed by atoms with Crippen molar-refractivity contribution in [2.45, 2.75) is 65.6 Å². The molecule has 40 heavy (non-hydrogen) atoms. The van der Waals surface area contributed by atoms with E-state index in [4.69, 9.17) is 0 Å². The first-order valence-corrected chi connectivity index (χ1v) is 14.0. The monoisotopic (exact) mass is 543 g/mol. The van der Waals surface area contributed by atoms with Gasteiger partial charge in [0.15, 0.2) is 0 Å². The minimum atomic E-state index is -0.488. The van der Waals surface area contributed by atoms with Gasteiger partial charge in [-0.25, -0.2) is 9.59 Å². The number of benzene rings is 2. The normalized spacial score (nSPS) is 16.1. The van der Waals surface area contributed by atoms with E-state index in [2.05, 4.69) is 5.32 Å². The lowest BCUT2D eigenvalue weighted by Crippen LogP contribution is -2.51. The molecule has 3 amide bonds. The van der Waals surface area contributed by atoms with Crippen LogP contribution in [-0.4, -0.2) is 56.5 Å². The van der Waals surface area contributed by atoms with Crippen molar-refractivity contribution >= 4 is 17.6 Å². The quantitative estimate of drug-likeness (QED) is 0.527. The lowest BCUT2D eigenvalue weighted by atomic mass is 9.99. The summed E-state index contributed by atoms with van der Waals surface area (Å²) in [6.45, 7) is 9.02. The summed E-state index contributed by atoms with van der Waals surface area (Å²) in [6, 6.07) is 13.2. The van der Waals surface area contributed by atoms with Crippen molar-refractivity contribution in [2.24, 2.45) is 0 Å². The molecule has 5 rings (SSSR count). The number of rotatable bonds is 5. The Morgan fingerprint density at radius 2 is 1.68 bits per heavy atom. The highest BCUT2D eigenvalue weighted by Gasteiger charge is 2.31. The number of carbonyl (C=O) groups is 2. The number of hydrogen-bond acceptors (Lipinski definition) is 4. The van der Waals surface area contributed by atoms with Gasteiger partial charge in [-0.1, -0.05) is 36.4 Å². The molecule has 3 heterocycles.